The molecule has 8 nitrogen and oxygen atoms in total. The summed E-state index contributed by atoms with van der Waals surface area (Å²) in [5, 5.41) is 20.9. The summed E-state index contributed by atoms with van der Waals surface area (Å²) in [6.45, 7) is 0.483. The van der Waals surface area contributed by atoms with E-state index >= 15 is 0 Å². The Balaban J connectivity index is 1.71. The highest BCUT2D eigenvalue weighted by Gasteiger charge is 2.12. The molecule has 2 aromatic carbocycles. The number of nitrogens with zero attached hydrogens (tertiary/aromatic N) is 7. The van der Waals surface area contributed by atoms with Crippen molar-refractivity contribution in [3.8, 4) is 11.3 Å². The number of benzene rings is 2. The summed E-state index contributed by atoms with van der Waals surface area (Å²) in [5.41, 5.74) is 9.06. The van der Waals surface area contributed by atoms with Gasteiger partial charge in [0.25, 0.3) is 5.95 Å². The normalized spacial score (nSPS) is 11.4. The Labute approximate surface area is 170 Å². The average Bonchev–Trinajstić information content (AvgIpc) is 3.29. The summed E-state index contributed by atoms with van der Waals surface area (Å²) in [6, 6.07) is 15.2. The monoisotopic (exact) mass is 412 g/mol. The fourth-order valence-corrected chi connectivity index (χ4v) is 3.11. The first kappa shape index (κ1) is 18.1. The van der Waals surface area contributed by atoms with Gasteiger partial charge in [-0.3, -0.25) is 4.68 Å². The Morgan fingerprint density at radius 1 is 1.11 bits per heavy atom. The summed E-state index contributed by atoms with van der Waals surface area (Å²) >= 11 is 12.3. The lowest BCUT2D eigenvalue weighted by Crippen LogP contribution is -2.01. The predicted octanol–water partition coefficient (Wildman–Crippen LogP) is 3.36. The van der Waals surface area contributed by atoms with E-state index < -0.39 is 0 Å². The summed E-state index contributed by atoms with van der Waals surface area (Å²) in [5.74, 6) is 0.0952. The quantitative estimate of drug-likeness (QED) is 0.506. The molecule has 0 aliphatic carbocycles. The molecule has 0 spiro atoms. The largest absolute Gasteiger partial charge is 0.365 e. The van der Waals surface area contributed by atoms with E-state index in [1.165, 1.54) is 0 Å². The fourth-order valence-electron chi connectivity index (χ4n) is 2.65. The second-order valence-corrected chi connectivity index (χ2v) is 6.75. The Morgan fingerprint density at radius 3 is 2.64 bits per heavy atom. The van der Waals surface area contributed by atoms with Crippen LogP contribution in [-0.2, 0) is 6.54 Å². The summed E-state index contributed by atoms with van der Waals surface area (Å²) in [7, 11) is 0. The number of nitrogen functional groups attached to an aromatic ring is 1. The molecule has 4 rings (SSSR count). The van der Waals surface area contributed by atoms with Gasteiger partial charge >= 0.3 is 0 Å². The lowest BCUT2D eigenvalue weighted by Gasteiger charge is -2.05. The first-order valence-corrected chi connectivity index (χ1v) is 9.01. The third-order valence-corrected chi connectivity index (χ3v) is 4.55. The van der Waals surface area contributed by atoms with Gasteiger partial charge in [-0.2, -0.15) is 10.2 Å². The SMILES string of the molecule is Nc1nnnn1/N=C/c1cn(Cc2ccc(Cl)cc2Cl)nc1-c1ccccc1. The topological polar surface area (TPSA) is 99.8 Å². The van der Waals surface area contributed by atoms with Crippen molar-refractivity contribution in [2.24, 2.45) is 5.10 Å². The van der Waals surface area contributed by atoms with E-state index in [4.69, 9.17) is 34.0 Å². The van der Waals surface area contributed by atoms with E-state index in [-0.39, 0.29) is 5.95 Å². The number of tetrazole rings is 1. The number of hydrogen-bond donors (Lipinski definition) is 1. The van der Waals surface area contributed by atoms with E-state index in [9.17, 15) is 0 Å². The van der Waals surface area contributed by atoms with Crippen LogP contribution in [0.2, 0.25) is 10.0 Å². The van der Waals surface area contributed by atoms with Crippen LogP contribution in [-0.4, -0.2) is 36.3 Å². The Kier molecular flexibility index (Phi) is 5.05. The van der Waals surface area contributed by atoms with Gasteiger partial charge in [0.05, 0.1) is 12.8 Å². The highest BCUT2D eigenvalue weighted by molar-refractivity contribution is 6.35. The van der Waals surface area contributed by atoms with Gasteiger partial charge in [-0.05, 0) is 28.1 Å². The molecule has 2 heterocycles. The lowest BCUT2D eigenvalue weighted by atomic mass is 10.1. The molecule has 0 fully saturated rings. The molecule has 0 amide bonds. The van der Waals surface area contributed by atoms with E-state index in [2.05, 4.69) is 20.6 Å². The van der Waals surface area contributed by atoms with Crippen LogP contribution in [0.15, 0.2) is 59.8 Å². The van der Waals surface area contributed by atoms with Gasteiger partial charge in [0.15, 0.2) is 0 Å². The number of anilines is 1. The van der Waals surface area contributed by atoms with Crippen LogP contribution in [0, 0.1) is 0 Å². The van der Waals surface area contributed by atoms with Crippen LogP contribution >= 0.6 is 23.2 Å². The van der Waals surface area contributed by atoms with Crippen molar-refractivity contribution < 1.29 is 0 Å². The van der Waals surface area contributed by atoms with Crippen LogP contribution in [0.4, 0.5) is 5.95 Å². The molecule has 0 saturated carbocycles. The molecular weight excluding hydrogens is 399 g/mol. The Hall–Kier alpha value is -3.23. The second kappa shape index (κ2) is 7.79. The second-order valence-electron chi connectivity index (χ2n) is 5.90. The number of aromatic nitrogens is 6. The lowest BCUT2D eigenvalue weighted by molar-refractivity contribution is 0.689. The van der Waals surface area contributed by atoms with Crippen molar-refractivity contribution in [2.45, 2.75) is 6.54 Å². The zero-order chi connectivity index (χ0) is 19.5. The molecule has 0 aliphatic heterocycles. The van der Waals surface area contributed by atoms with Gasteiger partial charge < -0.3 is 5.73 Å². The molecule has 2 N–H and O–H groups in total. The number of hydrogen-bond acceptors (Lipinski definition) is 6. The Bertz CT molecular complexity index is 1130. The van der Waals surface area contributed by atoms with Crippen molar-refractivity contribution in [3.05, 3.63) is 75.9 Å². The molecule has 28 heavy (non-hydrogen) atoms. The average molecular weight is 413 g/mol. The number of nitrogens with two attached hydrogens (primary N) is 1. The molecule has 0 unspecified atom stereocenters. The highest BCUT2D eigenvalue weighted by atomic mass is 35.5. The summed E-state index contributed by atoms with van der Waals surface area (Å²) < 4.78 is 1.79. The van der Waals surface area contributed by atoms with Crippen molar-refractivity contribution in [3.63, 3.8) is 0 Å². The van der Waals surface area contributed by atoms with Crippen molar-refractivity contribution in [2.75, 3.05) is 5.73 Å². The van der Waals surface area contributed by atoms with Crippen molar-refractivity contribution in [1.82, 2.24) is 30.1 Å². The minimum atomic E-state index is 0.0952. The maximum absolute atomic E-state index is 6.30. The summed E-state index contributed by atoms with van der Waals surface area (Å²) in [4.78, 5) is 1.14. The molecule has 2 aromatic heterocycles. The number of halogens is 2. The first-order chi connectivity index (χ1) is 13.6. The van der Waals surface area contributed by atoms with E-state index in [0.29, 0.717) is 16.6 Å². The molecule has 0 saturated heterocycles. The third-order valence-electron chi connectivity index (χ3n) is 3.97. The van der Waals surface area contributed by atoms with Gasteiger partial charge in [0.1, 0.15) is 5.69 Å². The smallest absolute Gasteiger partial charge is 0.263 e. The van der Waals surface area contributed by atoms with Crippen LogP contribution < -0.4 is 5.73 Å². The fraction of sp³-hybridized carbons (Fsp3) is 0.0556. The minimum absolute atomic E-state index is 0.0952. The molecule has 10 heteroatoms. The van der Waals surface area contributed by atoms with E-state index in [0.717, 1.165) is 27.2 Å². The van der Waals surface area contributed by atoms with Gasteiger partial charge in [-0.25, -0.2) is 0 Å². The van der Waals surface area contributed by atoms with E-state index in [1.807, 2.05) is 42.6 Å². The predicted molar refractivity (Wildman–Crippen MR) is 108 cm³/mol. The molecule has 0 bridgehead atoms. The van der Waals surface area contributed by atoms with Crippen LogP contribution in [0.1, 0.15) is 11.1 Å². The molecule has 4 aromatic rings. The molecular formula is C18H14Cl2N8. The molecule has 0 atom stereocenters. The van der Waals surface area contributed by atoms with E-state index in [1.54, 1.807) is 23.0 Å². The van der Waals surface area contributed by atoms with Crippen molar-refractivity contribution in [1.29, 1.82) is 0 Å². The van der Waals surface area contributed by atoms with Crippen molar-refractivity contribution >= 4 is 35.4 Å². The minimum Gasteiger partial charge on any atom is -0.365 e. The highest BCUT2D eigenvalue weighted by Crippen LogP contribution is 2.24. The van der Waals surface area contributed by atoms with Crippen LogP contribution in [0.25, 0.3) is 11.3 Å². The summed E-state index contributed by atoms with van der Waals surface area (Å²) in [6.07, 6.45) is 3.49. The third kappa shape index (κ3) is 3.88. The van der Waals surface area contributed by atoms with Gasteiger partial charge in [-0.1, -0.05) is 69.5 Å². The molecule has 140 valence electrons. The maximum Gasteiger partial charge on any atom is 0.263 e. The standard InChI is InChI=1S/C18H14Cl2N8/c19-15-7-6-13(16(20)8-15)10-27-11-14(9-22-28-18(21)23-25-26-28)17(24-27)12-4-2-1-3-5-12/h1-9,11H,10H2,(H2,21,23,26)/b22-9+. The zero-order valence-electron chi connectivity index (χ0n) is 14.4. The van der Waals surface area contributed by atoms with Gasteiger partial charge in [0, 0.05) is 27.4 Å². The molecule has 0 radical (unpaired) electrons. The molecule has 0 aliphatic rings. The first-order valence-electron chi connectivity index (χ1n) is 8.25. The maximum atomic E-state index is 6.30. The van der Waals surface area contributed by atoms with Gasteiger partial charge in [-0.15, -0.1) is 0 Å². The number of rotatable bonds is 5. The van der Waals surface area contributed by atoms with Gasteiger partial charge in [0.2, 0.25) is 0 Å². The zero-order valence-corrected chi connectivity index (χ0v) is 16.0. The van der Waals surface area contributed by atoms with Crippen LogP contribution in [0.5, 0.6) is 0 Å². The van der Waals surface area contributed by atoms with Crippen LogP contribution in [0.3, 0.4) is 0 Å². The Morgan fingerprint density at radius 2 is 1.93 bits per heavy atom.